The molecule has 1 heterocycles. The number of halogens is 1. The molecule has 1 aromatic carbocycles. The van der Waals surface area contributed by atoms with E-state index in [9.17, 15) is 14.0 Å². The van der Waals surface area contributed by atoms with E-state index in [4.69, 9.17) is 0 Å². The first-order valence-electron chi connectivity index (χ1n) is 9.87. The molecule has 2 aromatic rings. The Balaban J connectivity index is 1.52. The highest BCUT2D eigenvalue weighted by Crippen LogP contribution is 2.25. The number of hydrogen-bond acceptors (Lipinski definition) is 3. The van der Waals surface area contributed by atoms with E-state index in [2.05, 4.69) is 15.6 Å². The van der Waals surface area contributed by atoms with Crippen molar-refractivity contribution in [2.75, 3.05) is 6.54 Å². The van der Waals surface area contributed by atoms with Crippen molar-refractivity contribution in [2.45, 2.75) is 45.1 Å². The first-order chi connectivity index (χ1) is 13.6. The summed E-state index contributed by atoms with van der Waals surface area (Å²) < 4.78 is 13.3. The molecule has 1 aromatic heterocycles. The Morgan fingerprint density at radius 1 is 1.14 bits per heavy atom. The van der Waals surface area contributed by atoms with Gasteiger partial charge in [0, 0.05) is 30.3 Å². The number of amides is 2. The number of carbonyl (C=O) groups excluding carboxylic acids is 2. The molecule has 0 radical (unpaired) electrons. The van der Waals surface area contributed by atoms with Gasteiger partial charge in [-0.3, -0.25) is 14.6 Å². The van der Waals surface area contributed by atoms with Crippen molar-refractivity contribution in [3.8, 4) is 11.3 Å². The van der Waals surface area contributed by atoms with Crippen LogP contribution in [0.25, 0.3) is 11.3 Å². The molecule has 1 saturated carbocycles. The zero-order valence-corrected chi connectivity index (χ0v) is 16.1. The SMILES string of the molecule is CCCNC(=O)C1CCC(NC(=O)c2ccc(-c3cccc(F)c3)nc2)CC1. The molecule has 6 heteroatoms. The Morgan fingerprint density at radius 2 is 1.93 bits per heavy atom. The molecule has 0 bridgehead atoms. The van der Waals surface area contributed by atoms with Crippen molar-refractivity contribution in [1.29, 1.82) is 0 Å². The van der Waals surface area contributed by atoms with Crippen LogP contribution < -0.4 is 10.6 Å². The molecule has 2 amide bonds. The summed E-state index contributed by atoms with van der Waals surface area (Å²) >= 11 is 0. The average Bonchev–Trinajstić information content (AvgIpc) is 2.72. The molecule has 3 rings (SSSR count). The summed E-state index contributed by atoms with van der Waals surface area (Å²) in [7, 11) is 0. The van der Waals surface area contributed by atoms with Crippen LogP contribution in [0.5, 0.6) is 0 Å². The van der Waals surface area contributed by atoms with Crippen LogP contribution in [0.2, 0.25) is 0 Å². The fourth-order valence-corrected chi connectivity index (χ4v) is 3.51. The van der Waals surface area contributed by atoms with Crippen molar-refractivity contribution >= 4 is 11.8 Å². The molecule has 1 aliphatic rings. The molecule has 5 nitrogen and oxygen atoms in total. The maximum absolute atomic E-state index is 13.3. The van der Waals surface area contributed by atoms with Gasteiger partial charge in [-0.25, -0.2) is 4.39 Å². The molecule has 28 heavy (non-hydrogen) atoms. The van der Waals surface area contributed by atoms with Crippen LogP contribution in [0.3, 0.4) is 0 Å². The number of benzene rings is 1. The van der Waals surface area contributed by atoms with Gasteiger partial charge in [0.25, 0.3) is 5.91 Å². The van der Waals surface area contributed by atoms with Crippen molar-refractivity contribution in [1.82, 2.24) is 15.6 Å². The third-order valence-electron chi connectivity index (χ3n) is 5.13. The zero-order chi connectivity index (χ0) is 19.9. The van der Waals surface area contributed by atoms with E-state index in [1.54, 1.807) is 24.3 Å². The lowest BCUT2D eigenvalue weighted by Crippen LogP contribution is -2.41. The van der Waals surface area contributed by atoms with Gasteiger partial charge in [0.15, 0.2) is 0 Å². The lowest BCUT2D eigenvalue weighted by molar-refractivity contribution is -0.126. The van der Waals surface area contributed by atoms with E-state index in [-0.39, 0.29) is 29.6 Å². The van der Waals surface area contributed by atoms with Gasteiger partial charge in [-0.05, 0) is 56.4 Å². The molecule has 2 N–H and O–H groups in total. The van der Waals surface area contributed by atoms with Gasteiger partial charge in [-0.1, -0.05) is 19.1 Å². The second-order valence-corrected chi connectivity index (χ2v) is 7.26. The van der Waals surface area contributed by atoms with Crippen molar-refractivity contribution in [3.63, 3.8) is 0 Å². The molecule has 148 valence electrons. The Bertz CT molecular complexity index is 815. The van der Waals surface area contributed by atoms with Gasteiger partial charge in [0.05, 0.1) is 11.3 Å². The quantitative estimate of drug-likeness (QED) is 0.799. The van der Waals surface area contributed by atoms with E-state index in [1.165, 1.54) is 18.3 Å². The van der Waals surface area contributed by atoms with Gasteiger partial charge < -0.3 is 10.6 Å². The summed E-state index contributed by atoms with van der Waals surface area (Å²) in [6, 6.07) is 9.70. The zero-order valence-electron chi connectivity index (χ0n) is 16.1. The molecule has 0 atom stereocenters. The van der Waals surface area contributed by atoms with Gasteiger partial charge in [0.2, 0.25) is 5.91 Å². The monoisotopic (exact) mass is 383 g/mol. The minimum absolute atomic E-state index is 0.0481. The number of nitrogens with zero attached hydrogens (tertiary/aromatic N) is 1. The molecule has 1 aliphatic carbocycles. The number of rotatable bonds is 6. The highest BCUT2D eigenvalue weighted by Gasteiger charge is 2.27. The van der Waals surface area contributed by atoms with Gasteiger partial charge in [-0.2, -0.15) is 0 Å². The Morgan fingerprint density at radius 3 is 2.57 bits per heavy atom. The third-order valence-corrected chi connectivity index (χ3v) is 5.13. The minimum atomic E-state index is -0.319. The summed E-state index contributed by atoms with van der Waals surface area (Å²) in [5.74, 6) is -0.312. The molecular weight excluding hydrogens is 357 g/mol. The largest absolute Gasteiger partial charge is 0.356 e. The van der Waals surface area contributed by atoms with Crippen LogP contribution >= 0.6 is 0 Å². The van der Waals surface area contributed by atoms with Crippen LogP contribution in [0.1, 0.15) is 49.4 Å². The number of nitrogens with one attached hydrogen (secondary N) is 2. The van der Waals surface area contributed by atoms with Gasteiger partial charge >= 0.3 is 0 Å². The van der Waals surface area contributed by atoms with E-state index in [0.717, 1.165) is 32.1 Å². The second kappa shape index (κ2) is 9.44. The fourth-order valence-electron chi connectivity index (χ4n) is 3.51. The topological polar surface area (TPSA) is 71.1 Å². The summed E-state index contributed by atoms with van der Waals surface area (Å²) in [6.45, 7) is 2.75. The second-order valence-electron chi connectivity index (χ2n) is 7.26. The van der Waals surface area contributed by atoms with Crippen LogP contribution in [0.4, 0.5) is 4.39 Å². The van der Waals surface area contributed by atoms with Crippen molar-refractivity contribution < 1.29 is 14.0 Å². The highest BCUT2D eigenvalue weighted by molar-refractivity contribution is 5.94. The highest BCUT2D eigenvalue weighted by atomic mass is 19.1. The number of hydrogen-bond donors (Lipinski definition) is 2. The van der Waals surface area contributed by atoms with Crippen LogP contribution in [-0.4, -0.2) is 29.4 Å². The minimum Gasteiger partial charge on any atom is -0.356 e. The predicted molar refractivity (Wildman–Crippen MR) is 106 cm³/mol. The maximum Gasteiger partial charge on any atom is 0.253 e. The lowest BCUT2D eigenvalue weighted by atomic mass is 9.85. The van der Waals surface area contributed by atoms with Crippen LogP contribution in [0, 0.1) is 11.7 Å². The molecule has 0 aliphatic heterocycles. The first-order valence-corrected chi connectivity index (χ1v) is 9.87. The molecule has 0 saturated heterocycles. The summed E-state index contributed by atoms with van der Waals surface area (Å²) in [4.78, 5) is 28.8. The lowest BCUT2D eigenvalue weighted by Gasteiger charge is -2.28. The van der Waals surface area contributed by atoms with Gasteiger partial charge in [0.1, 0.15) is 5.82 Å². The smallest absolute Gasteiger partial charge is 0.253 e. The van der Waals surface area contributed by atoms with E-state index in [1.807, 2.05) is 6.92 Å². The summed E-state index contributed by atoms with van der Waals surface area (Å²) in [5.41, 5.74) is 1.77. The van der Waals surface area contributed by atoms with Crippen molar-refractivity contribution in [2.24, 2.45) is 5.92 Å². The Hall–Kier alpha value is -2.76. The van der Waals surface area contributed by atoms with E-state index < -0.39 is 0 Å². The van der Waals surface area contributed by atoms with E-state index >= 15 is 0 Å². The fraction of sp³-hybridized carbons (Fsp3) is 0.409. The average molecular weight is 383 g/mol. The standard InChI is InChI=1S/C22H26FN3O2/c1-2-12-24-21(27)15-6-9-19(10-7-15)26-22(28)17-8-11-20(25-14-17)16-4-3-5-18(23)13-16/h3-5,8,11,13-15,19H,2,6-7,9-10,12H2,1H3,(H,24,27)(H,26,28). The molecule has 0 unspecified atom stereocenters. The normalized spacial score (nSPS) is 19.1. The van der Waals surface area contributed by atoms with Crippen LogP contribution in [-0.2, 0) is 4.79 Å². The summed E-state index contributed by atoms with van der Waals surface area (Å²) in [5, 5.41) is 5.98. The number of carbonyl (C=O) groups is 2. The molecular formula is C22H26FN3O2. The van der Waals surface area contributed by atoms with Crippen LogP contribution in [0.15, 0.2) is 42.6 Å². The van der Waals surface area contributed by atoms with Crippen molar-refractivity contribution in [3.05, 3.63) is 54.0 Å². The summed E-state index contributed by atoms with van der Waals surface area (Å²) in [6.07, 6.45) is 5.62. The molecule has 0 spiro atoms. The number of pyridine rings is 1. The number of aromatic nitrogens is 1. The molecule has 1 fully saturated rings. The van der Waals surface area contributed by atoms with E-state index in [0.29, 0.717) is 23.4 Å². The maximum atomic E-state index is 13.3. The Labute approximate surface area is 164 Å². The third kappa shape index (κ3) is 5.15. The van der Waals surface area contributed by atoms with Gasteiger partial charge in [-0.15, -0.1) is 0 Å². The Kier molecular flexibility index (Phi) is 6.74. The predicted octanol–water partition coefficient (Wildman–Crippen LogP) is 3.70. The first kappa shape index (κ1) is 20.0.